The third-order valence-electron chi connectivity index (χ3n) is 5.26. The molecular weight excluding hydrogens is 340 g/mol. The summed E-state index contributed by atoms with van der Waals surface area (Å²) < 4.78 is 11.1. The maximum atomic E-state index is 10.4. The molecule has 0 saturated carbocycles. The van der Waals surface area contributed by atoms with Crippen LogP contribution in [0, 0.1) is 13.8 Å². The van der Waals surface area contributed by atoms with E-state index in [-0.39, 0.29) is 0 Å². The van der Waals surface area contributed by atoms with Crippen molar-refractivity contribution in [2.24, 2.45) is 0 Å². The monoisotopic (exact) mass is 371 g/mol. The van der Waals surface area contributed by atoms with E-state index in [1.807, 2.05) is 44.2 Å². The van der Waals surface area contributed by atoms with Crippen LogP contribution in [-0.4, -0.2) is 57.7 Å². The molecule has 5 heteroatoms. The minimum absolute atomic E-state index is 0.345. The number of hydrogen-bond acceptors (Lipinski definition) is 4. The van der Waals surface area contributed by atoms with Gasteiger partial charge in [0.05, 0.1) is 33.3 Å². The number of para-hydroxylation sites is 1. The lowest BCUT2D eigenvalue weighted by Crippen LogP contribution is -3.16. The first kappa shape index (κ1) is 19.5. The van der Waals surface area contributed by atoms with Crippen molar-refractivity contribution in [2.45, 2.75) is 20.0 Å². The number of ether oxygens (including phenoxy) is 2. The molecule has 1 atom stereocenters. The van der Waals surface area contributed by atoms with E-state index >= 15 is 0 Å². The number of aliphatic hydroxyl groups excluding tert-OH is 1. The molecule has 1 heterocycles. The van der Waals surface area contributed by atoms with E-state index in [4.69, 9.17) is 9.47 Å². The Morgan fingerprint density at radius 3 is 2.26 bits per heavy atom. The molecule has 2 aromatic carbocycles. The SMILES string of the molecule is COc1ccc(N2CC[NH+](C[C@H](O)COc3c(C)cccc3C)CC2)cc1. The van der Waals surface area contributed by atoms with Crippen molar-refractivity contribution >= 4 is 5.69 Å². The van der Waals surface area contributed by atoms with Crippen LogP contribution < -0.4 is 19.3 Å². The molecular formula is C22H31N2O3+. The minimum Gasteiger partial charge on any atom is -0.497 e. The van der Waals surface area contributed by atoms with Crippen LogP contribution in [0.3, 0.4) is 0 Å². The average molecular weight is 372 g/mol. The van der Waals surface area contributed by atoms with Gasteiger partial charge in [-0.1, -0.05) is 18.2 Å². The van der Waals surface area contributed by atoms with Gasteiger partial charge in [0.2, 0.25) is 0 Å². The first-order valence-corrected chi connectivity index (χ1v) is 9.66. The van der Waals surface area contributed by atoms with Gasteiger partial charge in [-0.25, -0.2) is 0 Å². The largest absolute Gasteiger partial charge is 0.497 e. The van der Waals surface area contributed by atoms with Crippen molar-refractivity contribution in [3.8, 4) is 11.5 Å². The summed E-state index contributed by atoms with van der Waals surface area (Å²) in [6, 6.07) is 14.3. The number of hydrogen-bond donors (Lipinski definition) is 2. The number of aliphatic hydroxyl groups is 1. The molecule has 0 aromatic heterocycles. The van der Waals surface area contributed by atoms with Crippen molar-refractivity contribution in [1.29, 1.82) is 0 Å². The Bertz CT molecular complexity index is 705. The van der Waals surface area contributed by atoms with Gasteiger partial charge in [-0.3, -0.25) is 0 Å². The zero-order valence-electron chi connectivity index (χ0n) is 16.6. The fourth-order valence-corrected chi connectivity index (χ4v) is 3.68. The van der Waals surface area contributed by atoms with Crippen LogP contribution >= 0.6 is 0 Å². The zero-order chi connectivity index (χ0) is 19.2. The molecule has 0 radical (unpaired) electrons. The summed E-state index contributed by atoms with van der Waals surface area (Å²) in [4.78, 5) is 3.82. The number of nitrogens with one attached hydrogen (secondary N) is 1. The van der Waals surface area contributed by atoms with E-state index in [9.17, 15) is 5.11 Å². The molecule has 0 spiro atoms. The first-order valence-electron chi connectivity index (χ1n) is 9.66. The van der Waals surface area contributed by atoms with Gasteiger partial charge in [0.25, 0.3) is 0 Å². The van der Waals surface area contributed by atoms with E-state index in [0.29, 0.717) is 6.61 Å². The number of anilines is 1. The molecule has 146 valence electrons. The quantitative estimate of drug-likeness (QED) is 0.774. The Morgan fingerprint density at radius 2 is 1.67 bits per heavy atom. The summed E-state index contributed by atoms with van der Waals surface area (Å²) in [5.74, 6) is 1.78. The molecule has 1 aliphatic heterocycles. The molecule has 0 amide bonds. The zero-order valence-corrected chi connectivity index (χ0v) is 16.6. The Kier molecular flexibility index (Phi) is 6.58. The number of nitrogens with zero attached hydrogens (tertiary/aromatic N) is 1. The first-order chi connectivity index (χ1) is 13.1. The highest BCUT2D eigenvalue weighted by molar-refractivity contribution is 5.49. The van der Waals surface area contributed by atoms with Crippen molar-refractivity contribution < 1.29 is 19.5 Å². The third-order valence-corrected chi connectivity index (χ3v) is 5.26. The lowest BCUT2D eigenvalue weighted by atomic mass is 10.1. The van der Waals surface area contributed by atoms with Gasteiger partial charge in [-0.05, 0) is 49.2 Å². The molecule has 0 unspecified atom stereocenters. The summed E-state index contributed by atoms with van der Waals surface area (Å²) in [7, 11) is 1.69. The number of aryl methyl sites for hydroxylation is 2. The van der Waals surface area contributed by atoms with Gasteiger partial charge in [0.15, 0.2) is 0 Å². The second-order valence-corrected chi connectivity index (χ2v) is 7.32. The Hall–Kier alpha value is -2.24. The molecule has 0 bridgehead atoms. The normalized spacial score (nSPS) is 16.2. The van der Waals surface area contributed by atoms with E-state index in [1.54, 1.807) is 7.11 Å². The average Bonchev–Trinajstić information content (AvgIpc) is 2.68. The molecule has 3 rings (SSSR count). The van der Waals surface area contributed by atoms with E-state index in [0.717, 1.165) is 55.3 Å². The number of quaternary nitrogens is 1. The highest BCUT2D eigenvalue weighted by Gasteiger charge is 2.23. The standard InChI is InChI=1S/C22H30N2O3/c1-17-5-4-6-18(2)22(17)27-16-20(25)15-23-11-13-24(14-12-23)19-7-9-21(26-3)10-8-19/h4-10,20,25H,11-16H2,1-3H3/p+1/t20-/m0/s1. The summed E-state index contributed by atoms with van der Waals surface area (Å²) in [6.45, 7) is 9.17. The molecule has 0 aliphatic carbocycles. The second-order valence-electron chi connectivity index (χ2n) is 7.32. The van der Waals surface area contributed by atoms with E-state index in [2.05, 4.69) is 17.0 Å². The van der Waals surface area contributed by atoms with Crippen molar-refractivity contribution in [1.82, 2.24) is 0 Å². The Morgan fingerprint density at radius 1 is 1.04 bits per heavy atom. The number of benzene rings is 2. The molecule has 5 nitrogen and oxygen atoms in total. The summed E-state index contributed by atoms with van der Waals surface area (Å²) in [6.07, 6.45) is -0.452. The van der Waals surface area contributed by atoms with Crippen LogP contribution in [0.15, 0.2) is 42.5 Å². The lowest BCUT2D eigenvalue weighted by Gasteiger charge is -2.34. The topological polar surface area (TPSA) is 46.4 Å². The van der Waals surface area contributed by atoms with Crippen LogP contribution in [0.25, 0.3) is 0 Å². The van der Waals surface area contributed by atoms with Crippen LogP contribution in [0.2, 0.25) is 0 Å². The number of piperazine rings is 1. The highest BCUT2D eigenvalue weighted by atomic mass is 16.5. The fourth-order valence-electron chi connectivity index (χ4n) is 3.68. The smallest absolute Gasteiger partial charge is 0.137 e. The van der Waals surface area contributed by atoms with Gasteiger partial charge >= 0.3 is 0 Å². The van der Waals surface area contributed by atoms with Gasteiger partial charge in [-0.15, -0.1) is 0 Å². The fraction of sp³-hybridized carbons (Fsp3) is 0.455. The van der Waals surface area contributed by atoms with Gasteiger partial charge in [0.1, 0.15) is 30.8 Å². The van der Waals surface area contributed by atoms with Crippen LogP contribution in [0.1, 0.15) is 11.1 Å². The molecule has 2 N–H and O–H groups in total. The molecule has 1 aliphatic rings. The van der Waals surface area contributed by atoms with Crippen molar-refractivity contribution in [2.75, 3.05) is 51.3 Å². The Labute approximate surface area is 162 Å². The maximum absolute atomic E-state index is 10.4. The van der Waals surface area contributed by atoms with Crippen LogP contribution in [0.5, 0.6) is 11.5 Å². The van der Waals surface area contributed by atoms with Gasteiger partial charge in [-0.2, -0.15) is 0 Å². The number of methoxy groups -OCH3 is 1. The summed E-state index contributed by atoms with van der Waals surface area (Å²) >= 11 is 0. The molecule has 2 aromatic rings. The highest BCUT2D eigenvalue weighted by Crippen LogP contribution is 2.22. The Balaban J connectivity index is 1.44. The summed E-state index contributed by atoms with van der Waals surface area (Å²) in [5, 5.41) is 10.4. The van der Waals surface area contributed by atoms with Crippen molar-refractivity contribution in [3.05, 3.63) is 53.6 Å². The number of rotatable bonds is 7. The lowest BCUT2D eigenvalue weighted by molar-refractivity contribution is -0.903. The predicted molar refractivity (Wildman–Crippen MR) is 108 cm³/mol. The van der Waals surface area contributed by atoms with Crippen LogP contribution in [-0.2, 0) is 0 Å². The second kappa shape index (κ2) is 9.11. The van der Waals surface area contributed by atoms with E-state index < -0.39 is 6.10 Å². The molecule has 1 saturated heterocycles. The predicted octanol–water partition coefficient (Wildman–Crippen LogP) is 1.46. The molecule has 27 heavy (non-hydrogen) atoms. The maximum Gasteiger partial charge on any atom is 0.137 e. The van der Waals surface area contributed by atoms with Crippen LogP contribution in [0.4, 0.5) is 5.69 Å². The van der Waals surface area contributed by atoms with Crippen molar-refractivity contribution in [3.63, 3.8) is 0 Å². The third kappa shape index (κ3) is 5.15. The molecule has 1 fully saturated rings. The minimum atomic E-state index is -0.452. The summed E-state index contributed by atoms with van der Waals surface area (Å²) in [5.41, 5.74) is 3.46. The van der Waals surface area contributed by atoms with E-state index in [1.165, 1.54) is 10.6 Å². The van der Waals surface area contributed by atoms with Gasteiger partial charge in [0, 0.05) is 5.69 Å². The van der Waals surface area contributed by atoms with Gasteiger partial charge < -0.3 is 24.4 Å².